The van der Waals surface area contributed by atoms with E-state index in [-0.39, 0.29) is 35.7 Å². The smallest absolute Gasteiger partial charge is 0.340 e. The lowest BCUT2D eigenvalue weighted by Gasteiger charge is -2.36. The molecular weight excluding hydrogens is 494 g/mol. The largest absolute Gasteiger partial charge is 0.494 e. The molecule has 3 aromatic rings. The maximum absolute atomic E-state index is 13.1. The van der Waals surface area contributed by atoms with Gasteiger partial charge in [-0.25, -0.2) is 14.8 Å². The van der Waals surface area contributed by atoms with E-state index in [0.717, 1.165) is 43.7 Å². The van der Waals surface area contributed by atoms with E-state index in [2.05, 4.69) is 31.9 Å². The Morgan fingerprint density at radius 2 is 1.62 bits per heavy atom. The number of carbonyl (C=O) groups is 1. The Balaban J connectivity index is 1.21. The Labute approximate surface area is 219 Å². The number of hydrogen-bond acceptors (Lipinski definition) is 8. The van der Waals surface area contributed by atoms with Gasteiger partial charge in [-0.2, -0.15) is 0 Å². The lowest BCUT2D eigenvalue weighted by molar-refractivity contribution is 0.0136. The summed E-state index contributed by atoms with van der Waals surface area (Å²) in [4.78, 5) is 26.1. The summed E-state index contributed by atoms with van der Waals surface area (Å²) in [5.74, 6) is 0.494. The van der Waals surface area contributed by atoms with Gasteiger partial charge in [0.05, 0.1) is 17.1 Å². The van der Waals surface area contributed by atoms with E-state index in [4.69, 9.17) is 16.3 Å². The quantitative estimate of drug-likeness (QED) is 0.359. The molecular formula is C27H28ClN5O4. The van der Waals surface area contributed by atoms with Crippen LogP contribution in [0.4, 0.5) is 5.95 Å². The highest BCUT2D eigenvalue weighted by atomic mass is 35.5. The van der Waals surface area contributed by atoms with Crippen LogP contribution in [0.5, 0.6) is 11.8 Å². The number of ether oxygens (including phenoxy) is 1. The standard InChI is InChI=1S/C27H28ClN5O4/c28-21-5-2-1-4-20(21)26(36)37-19(15-31-10-12-32(13-11-31)27-29-8-3-9-30-27)16-33-24(34)22-17-6-7-18(14-17)23(22)25(33)35/h1-9,17-19,34-35H,10-16H2. The van der Waals surface area contributed by atoms with Gasteiger partial charge in [-0.15, -0.1) is 0 Å². The molecule has 1 saturated heterocycles. The first-order valence-electron chi connectivity index (χ1n) is 12.5. The second-order valence-corrected chi connectivity index (χ2v) is 10.2. The molecule has 0 radical (unpaired) electrons. The monoisotopic (exact) mass is 521 g/mol. The Morgan fingerprint density at radius 3 is 2.27 bits per heavy atom. The summed E-state index contributed by atoms with van der Waals surface area (Å²) in [6.07, 6.45) is 7.88. The van der Waals surface area contributed by atoms with Gasteiger partial charge in [0.15, 0.2) is 11.8 Å². The van der Waals surface area contributed by atoms with Crippen LogP contribution in [-0.4, -0.2) is 74.4 Å². The number of esters is 1. The van der Waals surface area contributed by atoms with Crippen molar-refractivity contribution in [1.82, 2.24) is 19.4 Å². The minimum absolute atomic E-state index is 0.0502. The molecule has 1 aliphatic heterocycles. The van der Waals surface area contributed by atoms with Crippen molar-refractivity contribution >= 4 is 23.5 Å². The first-order valence-corrected chi connectivity index (χ1v) is 12.9. The zero-order chi connectivity index (χ0) is 25.5. The number of allylic oxidation sites excluding steroid dienone is 2. The highest BCUT2D eigenvalue weighted by molar-refractivity contribution is 6.33. The van der Waals surface area contributed by atoms with Crippen LogP contribution in [0.15, 0.2) is 54.9 Å². The fourth-order valence-corrected chi connectivity index (χ4v) is 5.93. The third-order valence-electron chi connectivity index (χ3n) is 7.53. The lowest BCUT2D eigenvalue weighted by Crippen LogP contribution is -2.50. The summed E-state index contributed by atoms with van der Waals surface area (Å²) in [5, 5.41) is 22.4. The Hall–Kier alpha value is -3.56. The van der Waals surface area contributed by atoms with Crippen molar-refractivity contribution in [2.24, 2.45) is 0 Å². The highest BCUT2D eigenvalue weighted by Crippen LogP contribution is 2.56. The van der Waals surface area contributed by atoms with Crippen LogP contribution in [0.3, 0.4) is 0 Å². The number of piperazine rings is 1. The number of carbonyl (C=O) groups excluding carboxylic acids is 1. The molecule has 2 aliphatic carbocycles. The molecule has 0 saturated carbocycles. The van der Waals surface area contributed by atoms with E-state index in [0.29, 0.717) is 17.5 Å². The Kier molecular flexibility index (Phi) is 6.26. The molecule has 3 atom stereocenters. The average molecular weight is 522 g/mol. The van der Waals surface area contributed by atoms with Gasteiger partial charge in [-0.3, -0.25) is 9.47 Å². The van der Waals surface area contributed by atoms with E-state index in [1.54, 1.807) is 42.7 Å². The van der Waals surface area contributed by atoms with Crippen molar-refractivity contribution in [1.29, 1.82) is 0 Å². The predicted molar refractivity (Wildman–Crippen MR) is 138 cm³/mol. The van der Waals surface area contributed by atoms with Crippen molar-refractivity contribution in [3.63, 3.8) is 0 Å². The average Bonchev–Trinajstić information content (AvgIpc) is 3.60. The van der Waals surface area contributed by atoms with Gasteiger partial charge >= 0.3 is 5.97 Å². The zero-order valence-corrected chi connectivity index (χ0v) is 21.0. The summed E-state index contributed by atoms with van der Waals surface area (Å²) in [7, 11) is 0. The van der Waals surface area contributed by atoms with Gasteiger partial charge in [0, 0.05) is 68.1 Å². The molecule has 2 bridgehead atoms. The van der Waals surface area contributed by atoms with E-state index < -0.39 is 12.1 Å². The lowest BCUT2D eigenvalue weighted by atomic mass is 10.0. The molecule has 2 N–H and O–H groups in total. The Morgan fingerprint density at radius 1 is 0.973 bits per heavy atom. The molecule has 37 heavy (non-hydrogen) atoms. The van der Waals surface area contributed by atoms with Crippen LogP contribution in [0.1, 0.15) is 39.7 Å². The molecule has 3 heterocycles. The molecule has 6 rings (SSSR count). The number of aromatic nitrogens is 3. The minimum atomic E-state index is -0.627. The van der Waals surface area contributed by atoms with Crippen molar-refractivity contribution in [2.45, 2.75) is 30.9 Å². The zero-order valence-electron chi connectivity index (χ0n) is 20.2. The van der Waals surface area contributed by atoms with Crippen LogP contribution in [0, 0.1) is 0 Å². The van der Waals surface area contributed by atoms with Gasteiger partial charge in [0.1, 0.15) is 6.10 Å². The third-order valence-corrected chi connectivity index (χ3v) is 7.86. The van der Waals surface area contributed by atoms with Gasteiger partial charge in [0.25, 0.3) is 0 Å². The van der Waals surface area contributed by atoms with E-state index in [1.165, 1.54) is 4.57 Å². The molecule has 9 nitrogen and oxygen atoms in total. The second-order valence-electron chi connectivity index (χ2n) is 9.76. The molecule has 3 unspecified atom stereocenters. The topological polar surface area (TPSA) is 104 Å². The fourth-order valence-electron chi connectivity index (χ4n) is 5.71. The van der Waals surface area contributed by atoms with Crippen LogP contribution in [0.25, 0.3) is 0 Å². The van der Waals surface area contributed by atoms with Crippen molar-refractivity contribution < 1.29 is 19.7 Å². The summed E-state index contributed by atoms with van der Waals surface area (Å²) < 4.78 is 7.44. The predicted octanol–water partition coefficient (Wildman–Crippen LogP) is 3.53. The Bertz CT molecular complexity index is 1300. The van der Waals surface area contributed by atoms with Gasteiger partial charge < -0.3 is 19.8 Å². The van der Waals surface area contributed by atoms with Gasteiger partial charge in [-0.1, -0.05) is 35.9 Å². The van der Waals surface area contributed by atoms with Crippen LogP contribution in [-0.2, 0) is 11.3 Å². The highest BCUT2D eigenvalue weighted by Gasteiger charge is 2.41. The number of halogens is 1. The maximum atomic E-state index is 13.1. The third kappa shape index (κ3) is 4.42. The molecule has 1 aromatic carbocycles. The summed E-state index contributed by atoms with van der Waals surface area (Å²) in [5.41, 5.74) is 1.86. The molecule has 1 fully saturated rings. The molecule has 192 valence electrons. The van der Waals surface area contributed by atoms with Crippen molar-refractivity contribution in [2.75, 3.05) is 37.6 Å². The first-order chi connectivity index (χ1) is 18.0. The van der Waals surface area contributed by atoms with Crippen LogP contribution in [0.2, 0.25) is 5.02 Å². The molecule has 2 aromatic heterocycles. The minimum Gasteiger partial charge on any atom is -0.494 e. The van der Waals surface area contributed by atoms with Crippen molar-refractivity contribution in [3.05, 3.63) is 76.6 Å². The van der Waals surface area contributed by atoms with E-state index in [9.17, 15) is 15.0 Å². The molecule has 0 spiro atoms. The molecule has 0 amide bonds. The molecule has 10 heteroatoms. The summed E-state index contributed by atoms with van der Waals surface area (Å²) >= 11 is 6.25. The maximum Gasteiger partial charge on any atom is 0.340 e. The molecule has 3 aliphatic rings. The number of nitrogens with zero attached hydrogens (tertiary/aromatic N) is 5. The van der Waals surface area contributed by atoms with E-state index >= 15 is 0 Å². The van der Waals surface area contributed by atoms with Crippen LogP contribution < -0.4 is 4.90 Å². The SMILES string of the molecule is O=C(OC(CN1CCN(c2ncccn2)CC1)Cn1c(O)c2c(c1O)C1C=CC2C1)c1ccccc1Cl. The van der Waals surface area contributed by atoms with Gasteiger partial charge in [-0.05, 0) is 24.6 Å². The number of aromatic hydroxyl groups is 2. The number of anilines is 1. The number of hydrogen-bond donors (Lipinski definition) is 2. The van der Waals surface area contributed by atoms with Crippen LogP contribution >= 0.6 is 11.6 Å². The number of benzene rings is 1. The van der Waals surface area contributed by atoms with E-state index in [1.807, 2.05) is 0 Å². The first kappa shape index (κ1) is 23.8. The van der Waals surface area contributed by atoms with Gasteiger partial charge in [0.2, 0.25) is 5.95 Å². The summed E-state index contributed by atoms with van der Waals surface area (Å²) in [6, 6.07) is 8.56. The number of fused-ring (bicyclic) bond motifs is 5. The summed E-state index contributed by atoms with van der Waals surface area (Å²) in [6.45, 7) is 3.49. The fraction of sp³-hybridized carbons (Fsp3) is 0.370. The second kappa shape index (κ2) is 9.72. The normalized spacial score (nSPS) is 21.3. The van der Waals surface area contributed by atoms with Crippen molar-refractivity contribution in [3.8, 4) is 11.8 Å². The number of rotatable bonds is 7.